The first-order valence-corrected chi connectivity index (χ1v) is 11.6. The molecule has 30 heavy (non-hydrogen) atoms. The Balaban J connectivity index is 1.76. The molecule has 0 fully saturated rings. The van der Waals surface area contributed by atoms with Gasteiger partial charge in [0.2, 0.25) is 0 Å². The first-order chi connectivity index (χ1) is 14.2. The average molecular weight is 435 g/mol. The summed E-state index contributed by atoms with van der Waals surface area (Å²) in [6, 6.07) is 7.42. The van der Waals surface area contributed by atoms with Gasteiger partial charge in [0.1, 0.15) is 5.82 Å². The van der Waals surface area contributed by atoms with Crippen molar-refractivity contribution >= 4 is 27.5 Å². The summed E-state index contributed by atoms with van der Waals surface area (Å²) in [6.45, 7) is 6.53. The molecular weight excluding hydrogens is 408 g/mol. The van der Waals surface area contributed by atoms with Crippen LogP contribution in [0.5, 0.6) is 0 Å². The van der Waals surface area contributed by atoms with Crippen LogP contribution in [-0.4, -0.2) is 49.3 Å². The number of nitrogens with one attached hydrogen (secondary N) is 2. The highest BCUT2D eigenvalue weighted by molar-refractivity contribution is 7.90. The van der Waals surface area contributed by atoms with Gasteiger partial charge in [-0.05, 0) is 44.9 Å². The van der Waals surface area contributed by atoms with Crippen molar-refractivity contribution in [1.29, 1.82) is 0 Å². The first-order valence-electron chi connectivity index (χ1n) is 9.75. The van der Waals surface area contributed by atoms with E-state index in [1.807, 2.05) is 39.0 Å². The number of rotatable bonds is 7. The minimum atomic E-state index is -3.32. The number of ether oxygens (including phenoxy) is 1. The van der Waals surface area contributed by atoms with E-state index in [2.05, 4.69) is 15.7 Å². The lowest BCUT2D eigenvalue weighted by atomic mass is 10.2. The van der Waals surface area contributed by atoms with E-state index in [0.717, 1.165) is 5.56 Å². The van der Waals surface area contributed by atoms with Crippen LogP contribution in [0.3, 0.4) is 0 Å². The van der Waals surface area contributed by atoms with Gasteiger partial charge >= 0.3 is 11.8 Å². The van der Waals surface area contributed by atoms with Gasteiger partial charge < -0.3 is 15.4 Å². The zero-order valence-corrected chi connectivity index (χ0v) is 18.1. The quantitative estimate of drug-likeness (QED) is 0.503. The predicted octanol–water partition coefficient (Wildman–Crippen LogP) is 1.48. The summed E-state index contributed by atoms with van der Waals surface area (Å²) in [5, 5.41) is 9.49. The van der Waals surface area contributed by atoms with Crippen molar-refractivity contribution in [2.45, 2.75) is 44.8 Å². The van der Waals surface area contributed by atoms with Gasteiger partial charge in [0.25, 0.3) is 0 Å². The van der Waals surface area contributed by atoms with Crippen LogP contribution in [0.25, 0.3) is 5.69 Å². The highest BCUT2D eigenvalue weighted by Gasteiger charge is 2.33. The average Bonchev–Trinajstić information content (AvgIpc) is 3.13. The van der Waals surface area contributed by atoms with E-state index in [0.29, 0.717) is 36.5 Å². The number of fused-ring (bicyclic) bond motifs is 1. The predicted molar refractivity (Wildman–Crippen MR) is 112 cm³/mol. The zero-order valence-electron chi connectivity index (χ0n) is 17.3. The molecule has 1 aromatic heterocycles. The Morgan fingerprint density at radius 1 is 1.23 bits per heavy atom. The maximum absolute atomic E-state index is 12.4. The van der Waals surface area contributed by atoms with Crippen molar-refractivity contribution in [3.05, 3.63) is 41.1 Å². The fraction of sp³-hybridized carbons (Fsp3) is 0.450. The van der Waals surface area contributed by atoms with Gasteiger partial charge in [-0.15, -0.1) is 0 Å². The minimum Gasteiger partial charge on any atom is -0.379 e. The molecule has 162 valence electrons. The number of sulfone groups is 1. The third-order valence-electron chi connectivity index (χ3n) is 4.53. The van der Waals surface area contributed by atoms with Gasteiger partial charge in [0.05, 0.1) is 29.0 Å². The van der Waals surface area contributed by atoms with Crippen LogP contribution in [0.4, 0.5) is 5.82 Å². The fourth-order valence-corrected chi connectivity index (χ4v) is 4.65. The number of benzene rings is 1. The number of aromatic nitrogens is 2. The fourth-order valence-electron chi connectivity index (χ4n) is 3.16. The summed E-state index contributed by atoms with van der Waals surface area (Å²) in [7, 11) is -3.32. The van der Waals surface area contributed by atoms with Crippen molar-refractivity contribution in [3.63, 3.8) is 0 Å². The molecule has 3 rings (SSSR count). The Morgan fingerprint density at radius 2 is 2.00 bits per heavy atom. The monoisotopic (exact) mass is 434 g/mol. The molecule has 0 bridgehead atoms. The van der Waals surface area contributed by atoms with Crippen molar-refractivity contribution in [3.8, 4) is 5.69 Å². The Hall–Kier alpha value is -2.72. The number of hydrogen-bond acceptors (Lipinski definition) is 6. The lowest BCUT2D eigenvalue weighted by Gasteiger charge is -2.12. The normalized spacial score (nSPS) is 14.5. The van der Waals surface area contributed by atoms with E-state index in [9.17, 15) is 18.0 Å². The molecule has 0 saturated carbocycles. The zero-order chi connectivity index (χ0) is 21.9. The van der Waals surface area contributed by atoms with Gasteiger partial charge in [-0.1, -0.05) is 12.1 Å². The summed E-state index contributed by atoms with van der Waals surface area (Å²) in [6.07, 6.45) is 0.677. The molecule has 1 aromatic carbocycles. The van der Waals surface area contributed by atoms with Crippen LogP contribution in [0.15, 0.2) is 24.3 Å². The standard InChI is InChI=1S/C20H26N4O5S/c1-13(2)29-9-5-8-21-19(25)20(26)22-18-16-11-30(27,28)12-17(16)23-24(18)15-7-4-6-14(3)10-15/h4,6-7,10,13H,5,8-9,11-12H2,1-3H3,(H,21,25)(H,22,26). The van der Waals surface area contributed by atoms with Crippen molar-refractivity contribution in [2.75, 3.05) is 18.5 Å². The highest BCUT2D eigenvalue weighted by atomic mass is 32.2. The molecule has 9 nitrogen and oxygen atoms in total. The molecule has 10 heteroatoms. The van der Waals surface area contributed by atoms with Crippen LogP contribution in [0.1, 0.15) is 37.1 Å². The van der Waals surface area contributed by atoms with Crippen LogP contribution in [0, 0.1) is 6.92 Å². The van der Waals surface area contributed by atoms with E-state index in [4.69, 9.17) is 4.74 Å². The second-order valence-electron chi connectivity index (χ2n) is 7.54. The molecule has 0 radical (unpaired) electrons. The van der Waals surface area contributed by atoms with Gasteiger partial charge in [-0.25, -0.2) is 13.1 Å². The molecule has 1 aliphatic heterocycles. The lowest BCUT2D eigenvalue weighted by Crippen LogP contribution is -2.37. The maximum Gasteiger partial charge on any atom is 0.314 e. The van der Waals surface area contributed by atoms with Crippen LogP contribution in [0.2, 0.25) is 0 Å². The van der Waals surface area contributed by atoms with Gasteiger partial charge in [-0.3, -0.25) is 9.59 Å². The SMILES string of the molecule is Cc1cccc(-n2nc3c(c2NC(=O)C(=O)NCCCOC(C)C)CS(=O)(=O)C3)c1. The molecule has 2 N–H and O–H groups in total. The van der Waals surface area contributed by atoms with Crippen LogP contribution >= 0.6 is 0 Å². The highest BCUT2D eigenvalue weighted by Crippen LogP contribution is 2.33. The molecule has 0 aliphatic carbocycles. The molecule has 2 amide bonds. The molecular formula is C20H26N4O5S. The van der Waals surface area contributed by atoms with E-state index >= 15 is 0 Å². The molecule has 2 heterocycles. The number of aryl methyl sites for hydroxylation is 1. The van der Waals surface area contributed by atoms with Crippen molar-refractivity contribution in [1.82, 2.24) is 15.1 Å². The molecule has 0 atom stereocenters. The van der Waals surface area contributed by atoms with Gasteiger partial charge in [0, 0.05) is 18.7 Å². The third kappa shape index (κ3) is 5.25. The molecule has 2 aromatic rings. The van der Waals surface area contributed by atoms with Gasteiger partial charge in [-0.2, -0.15) is 5.10 Å². The van der Waals surface area contributed by atoms with Crippen molar-refractivity contribution in [2.24, 2.45) is 0 Å². The second kappa shape index (κ2) is 8.97. The molecule has 0 saturated heterocycles. The number of nitrogens with zero attached hydrogens (tertiary/aromatic N) is 2. The first kappa shape index (κ1) is 22.0. The minimum absolute atomic E-state index is 0.101. The van der Waals surface area contributed by atoms with E-state index in [-0.39, 0.29) is 23.4 Å². The van der Waals surface area contributed by atoms with Crippen LogP contribution in [-0.2, 0) is 35.7 Å². The Morgan fingerprint density at radius 3 is 2.70 bits per heavy atom. The van der Waals surface area contributed by atoms with Crippen molar-refractivity contribution < 1.29 is 22.7 Å². The topological polar surface area (TPSA) is 119 Å². The number of carbonyl (C=O) groups excluding carboxylic acids is 2. The Bertz CT molecular complexity index is 1060. The summed E-state index contributed by atoms with van der Waals surface area (Å²) < 4.78 is 30.9. The number of anilines is 1. The summed E-state index contributed by atoms with van der Waals surface area (Å²) in [5.41, 5.74) is 2.46. The van der Waals surface area contributed by atoms with E-state index < -0.39 is 21.7 Å². The lowest BCUT2D eigenvalue weighted by molar-refractivity contribution is -0.136. The van der Waals surface area contributed by atoms with E-state index in [1.165, 1.54) is 4.68 Å². The summed E-state index contributed by atoms with van der Waals surface area (Å²) in [5.74, 6) is -1.88. The molecule has 0 spiro atoms. The molecule has 0 unspecified atom stereocenters. The third-order valence-corrected chi connectivity index (χ3v) is 5.97. The van der Waals surface area contributed by atoms with E-state index in [1.54, 1.807) is 6.07 Å². The van der Waals surface area contributed by atoms with Crippen LogP contribution < -0.4 is 10.6 Å². The number of carbonyl (C=O) groups is 2. The number of amides is 2. The Kier molecular flexibility index (Phi) is 6.57. The smallest absolute Gasteiger partial charge is 0.314 e. The Labute approximate surface area is 175 Å². The maximum atomic E-state index is 12.4. The summed E-state index contributed by atoms with van der Waals surface area (Å²) >= 11 is 0. The summed E-state index contributed by atoms with van der Waals surface area (Å²) in [4.78, 5) is 24.6. The largest absolute Gasteiger partial charge is 0.379 e. The second-order valence-corrected chi connectivity index (χ2v) is 9.60. The van der Waals surface area contributed by atoms with Gasteiger partial charge in [0.15, 0.2) is 9.84 Å². The molecule has 1 aliphatic rings. The number of hydrogen-bond donors (Lipinski definition) is 2.